The second-order valence-corrected chi connectivity index (χ2v) is 4.66. The number of rotatable bonds is 4. The molecule has 0 aliphatic rings. The Kier molecular flexibility index (Phi) is 4.04. The minimum absolute atomic E-state index is 0.0305. The number of furan rings is 1. The first-order valence-corrected chi connectivity index (χ1v) is 6.14. The van der Waals surface area contributed by atoms with Crippen molar-refractivity contribution in [3.05, 3.63) is 58.3 Å². The summed E-state index contributed by atoms with van der Waals surface area (Å²) in [6, 6.07) is 6.41. The molecule has 0 saturated heterocycles. The molecule has 1 aromatic carbocycles. The Morgan fingerprint density at radius 1 is 1.39 bits per heavy atom. The fraction of sp³-hybridized carbons (Fsp3) is 0.286. The lowest BCUT2D eigenvalue weighted by atomic mass is 10.0. The van der Waals surface area contributed by atoms with E-state index < -0.39 is 0 Å². The summed E-state index contributed by atoms with van der Waals surface area (Å²) in [6.07, 6.45) is 2.32. The molecule has 0 bridgehead atoms. The van der Waals surface area contributed by atoms with Gasteiger partial charge in [0.25, 0.3) is 0 Å². The Bertz CT molecular complexity index is 538. The van der Waals surface area contributed by atoms with Gasteiger partial charge in [0.15, 0.2) is 0 Å². The van der Waals surface area contributed by atoms with Crippen molar-refractivity contribution in [3.8, 4) is 0 Å². The van der Waals surface area contributed by atoms with Crippen molar-refractivity contribution in [2.24, 2.45) is 0 Å². The van der Waals surface area contributed by atoms with Gasteiger partial charge in [-0.25, -0.2) is 4.39 Å². The highest BCUT2D eigenvalue weighted by atomic mass is 35.5. The zero-order valence-electron chi connectivity index (χ0n) is 10.3. The van der Waals surface area contributed by atoms with Crippen molar-refractivity contribution in [1.29, 1.82) is 0 Å². The van der Waals surface area contributed by atoms with E-state index in [9.17, 15) is 4.39 Å². The molecule has 0 spiro atoms. The smallest absolute Gasteiger partial charge is 0.124 e. The molecule has 2 aromatic rings. The molecule has 0 fully saturated rings. The number of nitrogens with one attached hydrogen (secondary N) is 1. The van der Waals surface area contributed by atoms with Crippen molar-refractivity contribution in [2.75, 3.05) is 7.05 Å². The van der Waals surface area contributed by atoms with Crippen LogP contribution in [0.25, 0.3) is 0 Å². The molecule has 0 aliphatic heterocycles. The number of likely N-dealkylation sites (N-methyl/N-ethyl adjacent to an activating group) is 1. The molecule has 0 aliphatic carbocycles. The molecule has 2 rings (SSSR count). The Hall–Kier alpha value is -1.32. The van der Waals surface area contributed by atoms with Crippen LogP contribution in [0.15, 0.2) is 34.9 Å². The van der Waals surface area contributed by atoms with Gasteiger partial charge < -0.3 is 9.73 Å². The molecule has 1 N–H and O–H groups in total. The Morgan fingerprint density at radius 2 is 2.17 bits per heavy atom. The molecule has 1 aromatic heterocycles. The van der Waals surface area contributed by atoms with E-state index >= 15 is 0 Å². The second kappa shape index (κ2) is 5.55. The number of halogens is 2. The summed E-state index contributed by atoms with van der Waals surface area (Å²) < 4.78 is 18.5. The third-order valence-electron chi connectivity index (χ3n) is 3.01. The quantitative estimate of drug-likeness (QED) is 0.909. The lowest BCUT2D eigenvalue weighted by Crippen LogP contribution is -2.19. The SMILES string of the molecule is CNC(Cc1ccc(F)cc1Cl)c1occc1C. The van der Waals surface area contributed by atoms with E-state index in [0.29, 0.717) is 11.4 Å². The molecular formula is C14H15ClFNO. The first kappa shape index (κ1) is 13.1. The van der Waals surface area contributed by atoms with E-state index in [4.69, 9.17) is 16.0 Å². The average Bonchev–Trinajstić information content (AvgIpc) is 2.75. The lowest BCUT2D eigenvalue weighted by molar-refractivity contribution is 0.426. The van der Waals surface area contributed by atoms with Crippen molar-refractivity contribution in [2.45, 2.75) is 19.4 Å². The fourth-order valence-electron chi connectivity index (χ4n) is 1.97. The third-order valence-corrected chi connectivity index (χ3v) is 3.36. The van der Waals surface area contributed by atoms with Crippen LogP contribution in [0.1, 0.15) is 22.9 Å². The topological polar surface area (TPSA) is 25.2 Å². The highest BCUT2D eigenvalue weighted by Gasteiger charge is 2.17. The summed E-state index contributed by atoms with van der Waals surface area (Å²) in [6.45, 7) is 2.00. The van der Waals surface area contributed by atoms with Crippen LogP contribution in [0.4, 0.5) is 4.39 Å². The molecule has 1 heterocycles. The maximum Gasteiger partial charge on any atom is 0.124 e. The molecule has 4 heteroatoms. The molecular weight excluding hydrogens is 253 g/mol. The summed E-state index contributed by atoms with van der Waals surface area (Å²) in [5, 5.41) is 3.63. The number of hydrogen-bond donors (Lipinski definition) is 1. The fourth-order valence-corrected chi connectivity index (χ4v) is 2.22. The van der Waals surface area contributed by atoms with E-state index in [2.05, 4.69) is 5.32 Å². The predicted molar refractivity (Wildman–Crippen MR) is 70.4 cm³/mol. The first-order valence-electron chi connectivity index (χ1n) is 5.77. The molecule has 18 heavy (non-hydrogen) atoms. The van der Waals surface area contributed by atoms with Gasteiger partial charge in [0, 0.05) is 5.02 Å². The standard InChI is InChI=1S/C14H15ClFNO/c1-9-5-6-18-14(9)13(17-2)7-10-3-4-11(16)8-12(10)15/h3-6,8,13,17H,7H2,1-2H3. The summed E-state index contributed by atoms with van der Waals surface area (Å²) >= 11 is 6.03. The number of hydrogen-bond acceptors (Lipinski definition) is 2. The first-order chi connectivity index (χ1) is 8.61. The minimum Gasteiger partial charge on any atom is -0.467 e. The molecule has 1 atom stereocenters. The van der Waals surface area contributed by atoms with Crippen LogP contribution >= 0.6 is 11.6 Å². The van der Waals surface area contributed by atoms with Crippen LogP contribution in [-0.2, 0) is 6.42 Å². The maximum atomic E-state index is 13.0. The number of aryl methyl sites for hydroxylation is 1. The van der Waals surface area contributed by atoms with Gasteiger partial charge in [-0.05, 0) is 49.7 Å². The van der Waals surface area contributed by atoms with Gasteiger partial charge in [0.05, 0.1) is 12.3 Å². The Labute approximate surface area is 111 Å². The van der Waals surface area contributed by atoms with Crippen molar-refractivity contribution in [1.82, 2.24) is 5.32 Å². The molecule has 96 valence electrons. The normalized spacial score (nSPS) is 12.7. The van der Waals surface area contributed by atoms with Gasteiger partial charge in [-0.1, -0.05) is 17.7 Å². The van der Waals surface area contributed by atoms with Gasteiger partial charge in [0.2, 0.25) is 0 Å². The average molecular weight is 268 g/mol. The molecule has 1 unspecified atom stereocenters. The molecule has 0 amide bonds. The van der Waals surface area contributed by atoms with Crippen molar-refractivity contribution < 1.29 is 8.81 Å². The van der Waals surface area contributed by atoms with Crippen LogP contribution in [0.3, 0.4) is 0 Å². The summed E-state index contributed by atoms with van der Waals surface area (Å²) in [4.78, 5) is 0. The predicted octanol–water partition coefficient (Wildman–Crippen LogP) is 3.88. The summed E-state index contributed by atoms with van der Waals surface area (Å²) in [5.41, 5.74) is 1.99. The summed E-state index contributed by atoms with van der Waals surface area (Å²) in [5.74, 6) is 0.567. The third kappa shape index (κ3) is 2.74. The molecule has 2 nitrogen and oxygen atoms in total. The second-order valence-electron chi connectivity index (χ2n) is 4.25. The minimum atomic E-state index is -0.320. The molecule has 0 saturated carbocycles. The van der Waals surface area contributed by atoms with Crippen molar-refractivity contribution >= 4 is 11.6 Å². The lowest BCUT2D eigenvalue weighted by Gasteiger charge is -2.15. The van der Waals surface area contributed by atoms with Crippen molar-refractivity contribution in [3.63, 3.8) is 0 Å². The molecule has 0 radical (unpaired) electrons. The Morgan fingerprint density at radius 3 is 2.72 bits per heavy atom. The van der Waals surface area contributed by atoms with E-state index in [-0.39, 0.29) is 11.9 Å². The van der Waals surface area contributed by atoms with Crippen LogP contribution in [0.2, 0.25) is 5.02 Å². The van der Waals surface area contributed by atoms with Crippen LogP contribution in [-0.4, -0.2) is 7.05 Å². The highest BCUT2D eigenvalue weighted by Crippen LogP contribution is 2.26. The van der Waals surface area contributed by atoms with Gasteiger partial charge in [0.1, 0.15) is 11.6 Å². The van der Waals surface area contributed by atoms with Gasteiger partial charge in [-0.3, -0.25) is 0 Å². The largest absolute Gasteiger partial charge is 0.467 e. The van der Waals surface area contributed by atoms with E-state index in [1.54, 1.807) is 12.3 Å². The van der Waals surface area contributed by atoms with Crippen LogP contribution in [0.5, 0.6) is 0 Å². The zero-order valence-corrected chi connectivity index (χ0v) is 11.1. The zero-order chi connectivity index (χ0) is 13.1. The van der Waals surface area contributed by atoms with Crippen LogP contribution < -0.4 is 5.32 Å². The van der Waals surface area contributed by atoms with Gasteiger partial charge >= 0.3 is 0 Å². The van der Waals surface area contributed by atoms with Crippen LogP contribution in [0, 0.1) is 12.7 Å². The monoisotopic (exact) mass is 267 g/mol. The van der Waals surface area contributed by atoms with Gasteiger partial charge in [-0.2, -0.15) is 0 Å². The van der Waals surface area contributed by atoms with E-state index in [1.807, 2.05) is 20.0 Å². The maximum absolute atomic E-state index is 13.0. The highest BCUT2D eigenvalue weighted by molar-refractivity contribution is 6.31. The summed E-state index contributed by atoms with van der Waals surface area (Å²) in [7, 11) is 1.87. The number of benzene rings is 1. The Balaban J connectivity index is 2.23. The van der Waals surface area contributed by atoms with E-state index in [0.717, 1.165) is 16.9 Å². The van der Waals surface area contributed by atoms with E-state index in [1.165, 1.54) is 12.1 Å². The van der Waals surface area contributed by atoms with Gasteiger partial charge in [-0.15, -0.1) is 0 Å².